The normalized spacial score (nSPS) is 23.9. The number of benzene rings is 1. The van der Waals surface area contributed by atoms with Crippen LogP contribution in [0.1, 0.15) is 60.4 Å². The lowest BCUT2D eigenvalue weighted by Crippen LogP contribution is -2.31. The molecule has 2 nitrogen and oxygen atoms in total. The summed E-state index contributed by atoms with van der Waals surface area (Å²) < 4.78 is 0. The van der Waals surface area contributed by atoms with Crippen LogP contribution in [0.3, 0.4) is 0 Å². The summed E-state index contributed by atoms with van der Waals surface area (Å²) in [4.78, 5) is 12.6. The van der Waals surface area contributed by atoms with E-state index in [2.05, 4.69) is 17.4 Å². The number of piperidine rings is 1. The maximum atomic E-state index is 12.6. The largest absolute Gasteiger partial charge is 0.316 e. The minimum Gasteiger partial charge on any atom is -0.316 e. The first-order valence-electron chi connectivity index (χ1n) is 7.67. The number of rotatable bonds is 4. The molecule has 2 heteroatoms. The summed E-state index contributed by atoms with van der Waals surface area (Å²) in [7, 11) is 0. The Kier molecular flexibility index (Phi) is 3.97. The van der Waals surface area contributed by atoms with Gasteiger partial charge in [0.15, 0.2) is 5.78 Å². The van der Waals surface area contributed by atoms with Crippen molar-refractivity contribution in [1.29, 1.82) is 0 Å². The Bertz CT molecular complexity index is 444. The maximum absolute atomic E-state index is 12.6. The SMILES string of the molecule is O=C(CC1CCCNC1)c1ccccc1C1CCC1. The molecule has 1 aliphatic carbocycles. The van der Waals surface area contributed by atoms with E-state index in [1.54, 1.807) is 0 Å². The van der Waals surface area contributed by atoms with Gasteiger partial charge < -0.3 is 5.32 Å². The number of hydrogen-bond acceptors (Lipinski definition) is 2. The van der Waals surface area contributed by atoms with Crippen molar-refractivity contribution in [3.8, 4) is 0 Å². The summed E-state index contributed by atoms with van der Waals surface area (Å²) in [6.07, 6.45) is 6.97. The van der Waals surface area contributed by atoms with E-state index in [9.17, 15) is 4.79 Å². The Morgan fingerprint density at radius 1 is 1.16 bits per heavy atom. The molecule has 1 aliphatic heterocycles. The third-order valence-electron chi connectivity index (χ3n) is 4.68. The minimum absolute atomic E-state index is 0.358. The molecule has 19 heavy (non-hydrogen) atoms. The van der Waals surface area contributed by atoms with Gasteiger partial charge in [0.05, 0.1) is 0 Å². The van der Waals surface area contributed by atoms with Gasteiger partial charge in [-0.25, -0.2) is 0 Å². The maximum Gasteiger partial charge on any atom is 0.163 e. The fraction of sp³-hybridized carbons (Fsp3) is 0.588. The van der Waals surface area contributed by atoms with Crippen LogP contribution >= 0.6 is 0 Å². The van der Waals surface area contributed by atoms with Crippen molar-refractivity contribution in [3.05, 3.63) is 35.4 Å². The standard InChI is InChI=1S/C17H23NO/c19-17(11-13-5-4-10-18-12-13)16-9-2-1-8-15(16)14-6-3-7-14/h1-2,8-9,13-14,18H,3-7,10-12H2. The Labute approximate surface area is 115 Å². The quantitative estimate of drug-likeness (QED) is 0.836. The van der Waals surface area contributed by atoms with Gasteiger partial charge in [-0.1, -0.05) is 30.7 Å². The van der Waals surface area contributed by atoms with Gasteiger partial charge in [0.25, 0.3) is 0 Å². The molecule has 1 N–H and O–H groups in total. The smallest absolute Gasteiger partial charge is 0.163 e. The highest BCUT2D eigenvalue weighted by atomic mass is 16.1. The summed E-state index contributed by atoms with van der Waals surface area (Å²) >= 11 is 0. The zero-order valence-electron chi connectivity index (χ0n) is 11.5. The molecule has 2 fully saturated rings. The highest BCUT2D eigenvalue weighted by Crippen LogP contribution is 2.38. The monoisotopic (exact) mass is 257 g/mol. The third-order valence-corrected chi connectivity index (χ3v) is 4.68. The van der Waals surface area contributed by atoms with Crippen LogP contribution in [0.25, 0.3) is 0 Å². The highest BCUT2D eigenvalue weighted by molar-refractivity contribution is 5.97. The van der Waals surface area contributed by atoms with Crippen molar-refractivity contribution < 1.29 is 4.79 Å². The number of hydrogen-bond donors (Lipinski definition) is 1. The van der Waals surface area contributed by atoms with Gasteiger partial charge in [0, 0.05) is 12.0 Å². The fourth-order valence-corrected chi connectivity index (χ4v) is 3.30. The van der Waals surface area contributed by atoms with Gasteiger partial charge in [-0.05, 0) is 56.2 Å². The van der Waals surface area contributed by atoms with E-state index >= 15 is 0 Å². The topological polar surface area (TPSA) is 29.1 Å². The van der Waals surface area contributed by atoms with Crippen LogP contribution in [0, 0.1) is 5.92 Å². The first-order valence-corrected chi connectivity index (χ1v) is 7.67. The Morgan fingerprint density at radius 3 is 2.68 bits per heavy atom. The molecule has 1 aromatic rings. The van der Waals surface area contributed by atoms with E-state index in [0.29, 0.717) is 17.6 Å². The second kappa shape index (κ2) is 5.87. The van der Waals surface area contributed by atoms with E-state index in [1.807, 2.05) is 12.1 Å². The third kappa shape index (κ3) is 2.89. The number of carbonyl (C=O) groups is 1. The molecule has 0 bridgehead atoms. The van der Waals surface area contributed by atoms with Crippen LogP contribution in [0.2, 0.25) is 0 Å². The lowest BCUT2D eigenvalue weighted by atomic mass is 9.77. The van der Waals surface area contributed by atoms with Crippen molar-refractivity contribution in [2.24, 2.45) is 5.92 Å². The van der Waals surface area contributed by atoms with Crippen molar-refractivity contribution in [2.45, 2.75) is 44.4 Å². The zero-order chi connectivity index (χ0) is 13.1. The van der Waals surface area contributed by atoms with E-state index in [-0.39, 0.29) is 0 Å². The molecule has 1 saturated carbocycles. The first kappa shape index (κ1) is 12.9. The fourth-order valence-electron chi connectivity index (χ4n) is 3.30. The molecule has 1 aromatic carbocycles. The average Bonchev–Trinajstić information content (AvgIpc) is 2.38. The van der Waals surface area contributed by atoms with E-state index in [4.69, 9.17) is 0 Å². The van der Waals surface area contributed by atoms with E-state index < -0.39 is 0 Å². The summed E-state index contributed by atoms with van der Waals surface area (Å²) in [6, 6.07) is 8.28. The minimum atomic E-state index is 0.358. The molecule has 0 spiro atoms. The molecule has 2 aliphatic rings. The molecule has 0 amide bonds. The van der Waals surface area contributed by atoms with Crippen LogP contribution in [0.15, 0.2) is 24.3 Å². The van der Waals surface area contributed by atoms with Crippen molar-refractivity contribution in [1.82, 2.24) is 5.32 Å². The van der Waals surface area contributed by atoms with Crippen LogP contribution in [0.4, 0.5) is 0 Å². The number of ketones is 1. The highest BCUT2D eigenvalue weighted by Gasteiger charge is 2.25. The predicted molar refractivity (Wildman–Crippen MR) is 77.6 cm³/mol. The predicted octanol–water partition coefficient (Wildman–Crippen LogP) is 3.53. The number of Topliss-reactive ketones (excluding diaryl/α,β-unsaturated/α-hetero) is 1. The van der Waals surface area contributed by atoms with Crippen LogP contribution in [-0.4, -0.2) is 18.9 Å². The zero-order valence-corrected chi connectivity index (χ0v) is 11.5. The summed E-state index contributed by atoms with van der Waals surface area (Å²) in [5, 5.41) is 3.40. The molecular formula is C17H23NO. The molecule has 3 rings (SSSR count). The van der Waals surface area contributed by atoms with Crippen molar-refractivity contribution >= 4 is 5.78 Å². The van der Waals surface area contributed by atoms with Gasteiger partial charge in [0.1, 0.15) is 0 Å². The van der Waals surface area contributed by atoms with Crippen LogP contribution in [-0.2, 0) is 0 Å². The average molecular weight is 257 g/mol. The van der Waals surface area contributed by atoms with Crippen LogP contribution < -0.4 is 5.32 Å². The molecule has 1 heterocycles. The number of nitrogens with one attached hydrogen (secondary N) is 1. The molecule has 0 aromatic heterocycles. The molecule has 1 saturated heterocycles. The number of carbonyl (C=O) groups excluding carboxylic acids is 1. The van der Waals surface area contributed by atoms with E-state index in [1.165, 1.54) is 37.7 Å². The lowest BCUT2D eigenvalue weighted by Gasteiger charge is -2.28. The van der Waals surface area contributed by atoms with Crippen molar-refractivity contribution in [3.63, 3.8) is 0 Å². The van der Waals surface area contributed by atoms with Crippen molar-refractivity contribution in [2.75, 3.05) is 13.1 Å². The second-order valence-electron chi connectivity index (χ2n) is 6.05. The van der Waals surface area contributed by atoms with Gasteiger partial charge in [-0.2, -0.15) is 0 Å². The molecule has 0 radical (unpaired) electrons. The van der Waals surface area contributed by atoms with Gasteiger partial charge in [-0.3, -0.25) is 4.79 Å². The van der Waals surface area contributed by atoms with Gasteiger partial charge in [-0.15, -0.1) is 0 Å². The molecule has 102 valence electrons. The molecular weight excluding hydrogens is 234 g/mol. The lowest BCUT2D eigenvalue weighted by molar-refractivity contribution is 0.0951. The van der Waals surface area contributed by atoms with Gasteiger partial charge in [0.2, 0.25) is 0 Å². The Balaban J connectivity index is 1.71. The second-order valence-corrected chi connectivity index (χ2v) is 6.05. The Morgan fingerprint density at radius 2 is 2.00 bits per heavy atom. The summed E-state index contributed by atoms with van der Waals surface area (Å²) in [5.41, 5.74) is 2.31. The van der Waals surface area contributed by atoms with Crippen LogP contribution in [0.5, 0.6) is 0 Å². The first-order chi connectivity index (χ1) is 9.34. The Hall–Kier alpha value is -1.15. The van der Waals surface area contributed by atoms with Gasteiger partial charge >= 0.3 is 0 Å². The molecule has 1 unspecified atom stereocenters. The molecule has 1 atom stereocenters. The summed E-state index contributed by atoms with van der Waals surface area (Å²) in [6.45, 7) is 2.13. The van der Waals surface area contributed by atoms with E-state index in [0.717, 1.165) is 25.1 Å². The summed E-state index contributed by atoms with van der Waals surface area (Å²) in [5.74, 6) is 1.54.